The molecule has 0 saturated heterocycles. The standard InChI is InChI=1S/C21H15ClN4O4/c1-12-16(20(29)26(24-12)15-9-5-6-13(22)10-15)11-17-18(27)23-21(30)25(19(17)28)14-7-3-2-4-8-14/h2-11,28H,1H3,(H,23,27,30). The van der Waals surface area contributed by atoms with E-state index in [4.69, 9.17) is 11.6 Å². The van der Waals surface area contributed by atoms with Crippen molar-refractivity contribution in [3.8, 4) is 11.6 Å². The summed E-state index contributed by atoms with van der Waals surface area (Å²) in [5.41, 5.74) is -0.578. The minimum atomic E-state index is -0.820. The van der Waals surface area contributed by atoms with E-state index in [1.807, 2.05) is 0 Å². The van der Waals surface area contributed by atoms with Crippen molar-refractivity contribution in [2.75, 3.05) is 5.01 Å². The molecule has 1 aromatic heterocycles. The average molecular weight is 423 g/mol. The van der Waals surface area contributed by atoms with Gasteiger partial charge in [-0.1, -0.05) is 35.9 Å². The van der Waals surface area contributed by atoms with E-state index >= 15 is 0 Å². The lowest BCUT2D eigenvalue weighted by atomic mass is 10.1. The molecular weight excluding hydrogens is 408 g/mol. The molecule has 8 nitrogen and oxygen atoms in total. The van der Waals surface area contributed by atoms with Gasteiger partial charge < -0.3 is 5.11 Å². The van der Waals surface area contributed by atoms with Crippen LogP contribution in [0.5, 0.6) is 5.88 Å². The average Bonchev–Trinajstić information content (AvgIpc) is 2.99. The van der Waals surface area contributed by atoms with Crippen molar-refractivity contribution >= 4 is 35.0 Å². The van der Waals surface area contributed by atoms with Crippen LogP contribution in [0.2, 0.25) is 5.02 Å². The first-order chi connectivity index (χ1) is 14.4. The van der Waals surface area contributed by atoms with Gasteiger partial charge >= 0.3 is 5.69 Å². The Morgan fingerprint density at radius 3 is 2.43 bits per heavy atom. The van der Waals surface area contributed by atoms with Gasteiger partial charge in [-0.05, 0) is 43.3 Å². The fourth-order valence-corrected chi connectivity index (χ4v) is 3.28. The van der Waals surface area contributed by atoms with Crippen molar-refractivity contribution in [3.63, 3.8) is 0 Å². The predicted octanol–water partition coefficient (Wildman–Crippen LogP) is 2.69. The third-order valence-corrected chi connectivity index (χ3v) is 4.77. The van der Waals surface area contributed by atoms with Crippen molar-refractivity contribution < 1.29 is 9.90 Å². The quantitative estimate of drug-likeness (QED) is 0.632. The number of rotatable bonds is 3. The maximum atomic E-state index is 12.9. The molecule has 0 saturated carbocycles. The number of H-pyrrole nitrogens is 1. The number of aromatic amines is 1. The van der Waals surface area contributed by atoms with Crippen LogP contribution in [0.1, 0.15) is 12.5 Å². The molecule has 4 rings (SSSR count). The first-order valence-electron chi connectivity index (χ1n) is 8.88. The molecule has 0 atom stereocenters. The van der Waals surface area contributed by atoms with Crippen LogP contribution in [-0.2, 0) is 4.79 Å². The molecule has 0 fully saturated rings. The molecule has 0 radical (unpaired) electrons. The SMILES string of the molecule is CC1=NN(c2cccc(Cl)c2)C(=O)C1=Cc1c(O)n(-c2ccccc2)c(=O)[nH]c1=O. The van der Waals surface area contributed by atoms with Gasteiger partial charge in [0.25, 0.3) is 11.5 Å². The summed E-state index contributed by atoms with van der Waals surface area (Å²) in [6.07, 6.45) is 1.22. The molecule has 150 valence electrons. The van der Waals surface area contributed by atoms with Gasteiger partial charge in [-0.3, -0.25) is 14.6 Å². The molecule has 9 heteroatoms. The molecule has 1 aliphatic rings. The highest BCUT2D eigenvalue weighted by Crippen LogP contribution is 2.28. The summed E-state index contributed by atoms with van der Waals surface area (Å²) in [6, 6.07) is 14.9. The number of aromatic nitrogens is 2. The Morgan fingerprint density at radius 2 is 1.73 bits per heavy atom. The smallest absolute Gasteiger partial charge is 0.335 e. The minimum absolute atomic E-state index is 0.106. The van der Waals surface area contributed by atoms with E-state index < -0.39 is 23.0 Å². The maximum absolute atomic E-state index is 12.9. The number of hydrogen-bond acceptors (Lipinski definition) is 5. The second-order valence-corrected chi connectivity index (χ2v) is 6.94. The maximum Gasteiger partial charge on any atom is 0.335 e. The zero-order valence-corrected chi connectivity index (χ0v) is 16.4. The zero-order chi connectivity index (χ0) is 21.4. The van der Waals surface area contributed by atoms with E-state index in [-0.39, 0.29) is 11.1 Å². The number of amides is 1. The largest absolute Gasteiger partial charge is 0.494 e. The minimum Gasteiger partial charge on any atom is -0.494 e. The predicted molar refractivity (Wildman–Crippen MR) is 114 cm³/mol. The van der Waals surface area contributed by atoms with Crippen molar-refractivity contribution in [1.82, 2.24) is 9.55 Å². The molecule has 1 aliphatic heterocycles. The van der Waals surface area contributed by atoms with Gasteiger partial charge in [0, 0.05) is 5.02 Å². The Bertz CT molecular complexity index is 1340. The number of hydrazone groups is 1. The fraction of sp³-hybridized carbons (Fsp3) is 0.0476. The second-order valence-electron chi connectivity index (χ2n) is 6.51. The number of aromatic hydroxyl groups is 1. The second kappa shape index (κ2) is 7.49. The topological polar surface area (TPSA) is 108 Å². The summed E-state index contributed by atoms with van der Waals surface area (Å²) in [5, 5.41) is 16.5. The number of para-hydroxylation sites is 1. The number of carbonyl (C=O) groups excluding carboxylic acids is 1. The number of nitrogens with zero attached hydrogens (tertiary/aromatic N) is 3. The van der Waals surface area contributed by atoms with Crippen LogP contribution in [0.15, 0.2) is 74.9 Å². The summed E-state index contributed by atoms with van der Waals surface area (Å²) < 4.78 is 0.953. The highest BCUT2D eigenvalue weighted by Gasteiger charge is 2.30. The lowest BCUT2D eigenvalue weighted by Gasteiger charge is -2.12. The highest BCUT2D eigenvalue weighted by molar-refractivity contribution is 6.33. The molecule has 1 amide bonds. The number of anilines is 1. The van der Waals surface area contributed by atoms with E-state index in [9.17, 15) is 19.5 Å². The van der Waals surface area contributed by atoms with Crippen molar-refractivity contribution in [2.24, 2.45) is 5.10 Å². The van der Waals surface area contributed by atoms with Crippen LogP contribution in [0.4, 0.5) is 5.69 Å². The van der Waals surface area contributed by atoms with E-state index in [1.165, 1.54) is 6.08 Å². The van der Waals surface area contributed by atoms with Crippen molar-refractivity contribution in [1.29, 1.82) is 0 Å². The summed E-state index contributed by atoms with van der Waals surface area (Å²) in [5.74, 6) is -1.07. The van der Waals surface area contributed by atoms with Gasteiger partial charge in [0.2, 0.25) is 5.88 Å². The van der Waals surface area contributed by atoms with Crippen LogP contribution in [-0.4, -0.2) is 26.3 Å². The lowest BCUT2D eigenvalue weighted by Crippen LogP contribution is -2.30. The Morgan fingerprint density at radius 1 is 1.03 bits per heavy atom. The Balaban J connectivity index is 1.83. The molecule has 2 N–H and O–H groups in total. The first-order valence-corrected chi connectivity index (χ1v) is 9.25. The van der Waals surface area contributed by atoms with Crippen LogP contribution in [0, 0.1) is 0 Å². The molecule has 0 spiro atoms. The zero-order valence-electron chi connectivity index (χ0n) is 15.7. The van der Waals surface area contributed by atoms with Crippen LogP contribution < -0.4 is 16.3 Å². The van der Waals surface area contributed by atoms with E-state index in [0.717, 1.165) is 9.58 Å². The normalized spacial score (nSPS) is 15.0. The van der Waals surface area contributed by atoms with Crippen LogP contribution in [0.25, 0.3) is 11.8 Å². The molecule has 0 bridgehead atoms. The Labute approximate surface area is 175 Å². The molecular formula is C21H15ClN4O4. The van der Waals surface area contributed by atoms with E-state index in [2.05, 4.69) is 10.1 Å². The van der Waals surface area contributed by atoms with E-state index in [1.54, 1.807) is 61.5 Å². The van der Waals surface area contributed by atoms with Crippen LogP contribution in [0.3, 0.4) is 0 Å². The van der Waals surface area contributed by atoms with Gasteiger partial charge in [0.05, 0.1) is 22.7 Å². The Kier molecular flexibility index (Phi) is 4.85. The van der Waals surface area contributed by atoms with Gasteiger partial charge in [-0.15, -0.1) is 0 Å². The summed E-state index contributed by atoms with van der Waals surface area (Å²) >= 11 is 5.99. The molecule has 2 heterocycles. The molecule has 3 aromatic rings. The van der Waals surface area contributed by atoms with Gasteiger partial charge in [0.1, 0.15) is 5.56 Å². The molecule has 30 heavy (non-hydrogen) atoms. The fourth-order valence-electron chi connectivity index (χ4n) is 3.10. The number of benzene rings is 2. The number of halogens is 1. The summed E-state index contributed by atoms with van der Waals surface area (Å²) in [6.45, 7) is 1.60. The van der Waals surface area contributed by atoms with Gasteiger partial charge in [0.15, 0.2) is 0 Å². The van der Waals surface area contributed by atoms with Crippen LogP contribution >= 0.6 is 11.6 Å². The third-order valence-electron chi connectivity index (χ3n) is 4.54. The van der Waals surface area contributed by atoms with Gasteiger partial charge in [-0.25, -0.2) is 9.36 Å². The van der Waals surface area contributed by atoms with Crippen molar-refractivity contribution in [2.45, 2.75) is 6.92 Å². The highest BCUT2D eigenvalue weighted by atomic mass is 35.5. The molecule has 0 unspecified atom stereocenters. The van der Waals surface area contributed by atoms with E-state index in [0.29, 0.717) is 22.1 Å². The monoisotopic (exact) mass is 422 g/mol. The number of hydrogen-bond donors (Lipinski definition) is 2. The first kappa shape index (κ1) is 19.4. The molecule has 0 aliphatic carbocycles. The van der Waals surface area contributed by atoms with Crippen molar-refractivity contribution in [3.05, 3.63) is 91.6 Å². The van der Waals surface area contributed by atoms with Gasteiger partial charge in [-0.2, -0.15) is 10.1 Å². The summed E-state index contributed by atoms with van der Waals surface area (Å²) in [4.78, 5) is 39.7. The number of nitrogens with one attached hydrogen (secondary N) is 1. The molecule has 2 aromatic carbocycles. The number of carbonyl (C=O) groups is 1. The Hall–Kier alpha value is -3.91. The summed E-state index contributed by atoms with van der Waals surface area (Å²) in [7, 11) is 0. The third kappa shape index (κ3) is 3.33. The lowest BCUT2D eigenvalue weighted by molar-refractivity contribution is -0.114.